The topological polar surface area (TPSA) is 63.2 Å². The van der Waals surface area contributed by atoms with Crippen LogP contribution in [-0.2, 0) is 9.05 Å². The largest absolute Gasteiger partial charge is 0.351 e. The highest BCUT2D eigenvalue weighted by molar-refractivity contribution is 9.10. The maximum absolute atomic E-state index is 12.2. The van der Waals surface area contributed by atoms with Gasteiger partial charge in [0, 0.05) is 27.3 Å². The molecule has 1 aromatic rings. The zero-order chi connectivity index (χ0) is 15.3. The molecule has 1 aromatic carbocycles. The average Bonchev–Trinajstić information content (AvgIpc) is 3.25. The Morgan fingerprint density at radius 2 is 2.00 bits per heavy atom. The number of halogens is 2. The SMILES string of the molecule is O=C(NCC1(C2CC2)CC1)c1cc(Br)cc(S(=O)(=O)Cl)c1. The number of nitrogens with one attached hydrogen (secondary N) is 1. The van der Waals surface area contributed by atoms with Gasteiger partial charge in [-0.25, -0.2) is 8.42 Å². The lowest BCUT2D eigenvalue weighted by molar-refractivity contribution is 0.0942. The third-order valence-corrected chi connectivity index (χ3v) is 6.14. The van der Waals surface area contributed by atoms with Crippen molar-refractivity contribution in [2.45, 2.75) is 30.6 Å². The van der Waals surface area contributed by atoms with Crippen molar-refractivity contribution in [2.24, 2.45) is 11.3 Å². The second-order valence-corrected chi connectivity index (χ2v) is 9.41. The molecule has 3 rings (SSSR count). The number of hydrogen-bond donors (Lipinski definition) is 1. The first kappa shape index (κ1) is 15.3. The van der Waals surface area contributed by atoms with Crippen molar-refractivity contribution in [1.29, 1.82) is 0 Å². The molecule has 0 aromatic heterocycles. The van der Waals surface area contributed by atoms with E-state index in [1.807, 2.05) is 0 Å². The number of hydrogen-bond acceptors (Lipinski definition) is 3. The first-order valence-electron chi connectivity index (χ1n) is 6.84. The molecule has 21 heavy (non-hydrogen) atoms. The van der Waals surface area contributed by atoms with E-state index in [1.165, 1.54) is 37.8 Å². The molecule has 0 aliphatic heterocycles. The Labute approximate surface area is 136 Å². The van der Waals surface area contributed by atoms with Crippen LogP contribution in [0.15, 0.2) is 27.6 Å². The molecule has 0 saturated heterocycles. The molecule has 1 amide bonds. The van der Waals surface area contributed by atoms with Crippen molar-refractivity contribution >= 4 is 41.6 Å². The third kappa shape index (κ3) is 3.43. The van der Waals surface area contributed by atoms with Crippen molar-refractivity contribution in [3.8, 4) is 0 Å². The maximum Gasteiger partial charge on any atom is 0.261 e. The van der Waals surface area contributed by atoms with Crippen molar-refractivity contribution in [1.82, 2.24) is 5.32 Å². The summed E-state index contributed by atoms with van der Waals surface area (Å²) in [5, 5.41) is 2.93. The molecular formula is C14H15BrClNO3S. The Morgan fingerprint density at radius 1 is 1.33 bits per heavy atom. The fraction of sp³-hybridized carbons (Fsp3) is 0.500. The lowest BCUT2D eigenvalue weighted by atomic mass is 10.0. The zero-order valence-electron chi connectivity index (χ0n) is 11.2. The summed E-state index contributed by atoms with van der Waals surface area (Å²) in [6.45, 7) is 0.673. The van der Waals surface area contributed by atoms with Gasteiger partial charge in [0.15, 0.2) is 0 Å². The summed E-state index contributed by atoms with van der Waals surface area (Å²) in [6, 6.07) is 4.28. The molecule has 0 radical (unpaired) electrons. The summed E-state index contributed by atoms with van der Waals surface area (Å²) in [7, 11) is 1.48. The lowest BCUT2D eigenvalue weighted by Crippen LogP contribution is -2.31. The molecule has 0 heterocycles. The van der Waals surface area contributed by atoms with Gasteiger partial charge >= 0.3 is 0 Å². The predicted octanol–water partition coefficient (Wildman–Crippen LogP) is 3.30. The number of amides is 1. The van der Waals surface area contributed by atoms with Crippen LogP contribution in [0.5, 0.6) is 0 Å². The fourth-order valence-corrected chi connectivity index (χ4v) is 4.23. The second kappa shape index (κ2) is 5.25. The van der Waals surface area contributed by atoms with Crippen molar-refractivity contribution in [3.63, 3.8) is 0 Å². The minimum Gasteiger partial charge on any atom is -0.351 e. The molecule has 0 unspecified atom stereocenters. The lowest BCUT2D eigenvalue weighted by Gasteiger charge is -2.15. The number of carbonyl (C=O) groups is 1. The molecule has 4 nitrogen and oxygen atoms in total. The van der Waals surface area contributed by atoms with Gasteiger partial charge in [-0.2, -0.15) is 0 Å². The van der Waals surface area contributed by atoms with E-state index in [-0.39, 0.29) is 10.8 Å². The molecule has 114 valence electrons. The Hall–Kier alpha value is -0.590. The van der Waals surface area contributed by atoms with Gasteiger partial charge in [-0.1, -0.05) is 15.9 Å². The summed E-state index contributed by atoms with van der Waals surface area (Å²) in [5.41, 5.74) is 0.610. The van der Waals surface area contributed by atoms with Gasteiger partial charge in [0.2, 0.25) is 0 Å². The molecule has 2 aliphatic carbocycles. The van der Waals surface area contributed by atoms with Crippen molar-refractivity contribution in [2.75, 3.05) is 6.54 Å². The molecule has 0 spiro atoms. The van der Waals surface area contributed by atoms with Crippen LogP contribution in [0.25, 0.3) is 0 Å². The molecule has 7 heteroatoms. The minimum absolute atomic E-state index is 0.0768. The molecule has 0 bridgehead atoms. The van der Waals surface area contributed by atoms with Gasteiger partial charge in [-0.05, 0) is 55.2 Å². The van der Waals surface area contributed by atoms with E-state index in [9.17, 15) is 13.2 Å². The van der Waals surface area contributed by atoms with E-state index >= 15 is 0 Å². The quantitative estimate of drug-likeness (QED) is 0.782. The Bertz CT molecular complexity index is 696. The number of carbonyl (C=O) groups excluding carboxylic acids is 1. The smallest absolute Gasteiger partial charge is 0.261 e. The van der Waals surface area contributed by atoms with Crippen LogP contribution in [0.3, 0.4) is 0 Å². The van der Waals surface area contributed by atoms with Gasteiger partial charge in [0.1, 0.15) is 0 Å². The highest BCUT2D eigenvalue weighted by Crippen LogP contribution is 2.60. The first-order chi connectivity index (χ1) is 9.80. The number of benzene rings is 1. The first-order valence-corrected chi connectivity index (χ1v) is 9.94. The van der Waals surface area contributed by atoms with E-state index in [1.54, 1.807) is 6.07 Å². The molecular weight excluding hydrogens is 378 g/mol. The van der Waals surface area contributed by atoms with Gasteiger partial charge < -0.3 is 5.32 Å². The van der Waals surface area contributed by atoms with Crippen LogP contribution < -0.4 is 5.32 Å². The van der Waals surface area contributed by atoms with Crippen LogP contribution in [-0.4, -0.2) is 20.9 Å². The van der Waals surface area contributed by atoms with E-state index in [0.717, 1.165) is 5.92 Å². The van der Waals surface area contributed by atoms with Crippen LogP contribution in [0, 0.1) is 11.3 Å². The highest BCUT2D eigenvalue weighted by Gasteiger charge is 2.53. The van der Waals surface area contributed by atoms with Gasteiger partial charge in [-0.15, -0.1) is 0 Å². The van der Waals surface area contributed by atoms with E-state index < -0.39 is 9.05 Å². The standard InChI is InChI=1S/C14H15BrClNO3S/c15-11-5-9(6-12(7-11)21(16,19)20)13(18)17-8-14(3-4-14)10-1-2-10/h5-7,10H,1-4,8H2,(H,17,18). The van der Waals surface area contributed by atoms with E-state index in [4.69, 9.17) is 10.7 Å². The number of rotatable bonds is 5. The molecule has 1 N–H and O–H groups in total. The maximum atomic E-state index is 12.2. The van der Waals surface area contributed by atoms with Crippen LogP contribution in [0.2, 0.25) is 0 Å². The Kier molecular flexibility index (Phi) is 3.83. The van der Waals surface area contributed by atoms with Crippen molar-refractivity contribution in [3.05, 3.63) is 28.2 Å². The molecule has 2 fully saturated rings. The van der Waals surface area contributed by atoms with E-state index in [2.05, 4.69) is 21.2 Å². The monoisotopic (exact) mass is 391 g/mol. The van der Waals surface area contributed by atoms with Gasteiger partial charge in [-0.3, -0.25) is 4.79 Å². The predicted molar refractivity (Wildman–Crippen MR) is 83.9 cm³/mol. The Balaban J connectivity index is 1.73. The second-order valence-electron chi connectivity index (χ2n) is 5.93. The summed E-state index contributed by atoms with van der Waals surface area (Å²) in [5.74, 6) is 0.504. The molecule has 2 saturated carbocycles. The zero-order valence-corrected chi connectivity index (χ0v) is 14.4. The van der Waals surface area contributed by atoms with Gasteiger partial charge in [0.25, 0.3) is 15.0 Å². The minimum atomic E-state index is -3.85. The molecule has 2 aliphatic rings. The van der Waals surface area contributed by atoms with E-state index in [0.29, 0.717) is 22.0 Å². The average molecular weight is 393 g/mol. The van der Waals surface area contributed by atoms with Crippen molar-refractivity contribution < 1.29 is 13.2 Å². The summed E-state index contributed by atoms with van der Waals surface area (Å²) < 4.78 is 23.3. The van der Waals surface area contributed by atoms with Crippen LogP contribution >= 0.6 is 26.6 Å². The Morgan fingerprint density at radius 3 is 2.52 bits per heavy atom. The summed E-state index contributed by atoms with van der Waals surface area (Å²) >= 11 is 3.21. The van der Waals surface area contributed by atoms with Crippen LogP contribution in [0.4, 0.5) is 0 Å². The van der Waals surface area contributed by atoms with Gasteiger partial charge in [0.05, 0.1) is 4.90 Å². The highest BCUT2D eigenvalue weighted by atomic mass is 79.9. The van der Waals surface area contributed by atoms with Crippen LogP contribution in [0.1, 0.15) is 36.0 Å². The third-order valence-electron chi connectivity index (χ3n) is 4.35. The fourth-order valence-electron chi connectivity index (χ4n) is 2.78. The normalized spacial score (nSPS) is 20.1. The molecule has 0 atom stereocenters. The summed E-state index contributed by atoms with van der Waals surface area (Å²) in [4.78, 5) is 12.1. The summed E-state index contributed by atoms with van der Waals surface area (Å²) in [6.07, 6.45) is 4.89.